The highest BCUT2D eigenvalue weighted by Crippen LogP contribution is 2.31. The van der Waals surface area contributed by atoms with Gasteiger partial charge in [0, 0.05) is 7.05 Å². The molecule has 0 aliphatic rings. The third-order valence-electron chi connectivity index (χ3n) is 1.95. The Bertz CT molecular complexity index is 304. The molecule has 0 unspecified atom stereocenters. The predicted octanol–water partition coefficient (Wildman–Crippen LogP) is 2.64. The zero-order valence-corrected chi connectivity index (χ0v) is 8.06. The van der Waals surface area contributed by atoms with Crippen molar-refractivity contribution in [2.45, 2.75) is 19.5 Å². The quantitative estimate of drug-likeness (QED) is 0.691. The van der Waals surface area contributed by atoms with Gasteiger partial charge in [-0.05, 0) is 31.5 Å². The lowest BCUT2D eigenvalue weighted by Crippen LogP contribution is -2.09. The average molecular weight is 183 g/mol. The molecule has 0 bridgehead atoms. The van der Waals surface area contributed by atoms with Gasteiger partial charge >= 0.3 is 0 Å². The van der Waals surface area contributed by atoms with Gasteiger partial charge in [0.15, 0.2) is 0 Å². The summed E-state index contributed by atoms with van der Waals surface area (Å²) in [5.74, 6) is 0.135. The highest BCUT2D eigenvalue weighted by atomic mass is 19.1. The van der Waals surface area contributed by atoms with E-state index in [0.29, 0.717) is 11.3 Å². The molecule has 1 rings (SSSR count). The van der Waals surface area contributed by atoms with Crippen molar-refractivity contribution in [1.29, 1.82) is 0 Å². The topological polar surface area (TPSA) is 32.3 Å². The van der Waals surface area contributed by atoms with Crippen LogP contribution in [-0.2, 0) is 5.67 Å². The SMILES string of the molecule is CNc1cc(C(C)(C)F)ccc1O. The fraction of sp³-hybridized carbons (Fsp3) is 0.400. The summed E-state index contributed by atoms with van der Waals surface area (Å²) >= 11 is 0. The van der Waals surface area contributed by atoms with Gasteiger partial charge in [-0.25, -0.2) is 4.39 Å². The third-order valence-corrected chi connectivity index (χ3v) is 1.95. The number of phenolic OH excluding ortho intramolecular Hbond substituents is 1. The van der Waals surface area contributed by atoms with Gasteiger partial charge in [-0.3, -0.25) is 0 Å². The Labute approximate surface area is 77.4 Å². The minimum absolute atomic E-state index is 0.135. The van der Waals surface area contributed by atoms with Crippen molar-refractivity contribution in [3.8, 4) is 5.75 Å². The Morgan fingerprint density at radius 3 is 2.46 bits per heavy atom. The lowest BCUT2D eigenvalue weighted by atomic mass is 9.99. The molecular formula is C10H14FNO. The first-order chi connectivity index (χ1) is 5.95. The van der Waals surface area contributed by atoms with E-state index >= 15 is 0 Å². The van der Waals surface area contributed by atoms with Crippen LogP contribution in [-0.4, -0.2) is 12.2 Å². The van der Waals surface area contributed by atoms with Crippen LogP contribution in [0.3, 0.4) is 0 Å². The Morgan fingerprint density at radius 2 is 2.00 bits per heavy atom. The summed E-state index contributed by atoms with van der Waals surface area (Å²) in [6, 6.07) is 4.67. The van der Waals surface area contributed by atoms with Gasteiger partial charge in [0.1, 0.15) is 11.4 Å². The summed E-state index contributed by atoms with van der Waals surface area (Å²) in [7, 11) is 1.68. The van der Waals surface area contributed by atoms with E-state index in [1.54, 1.807) is 19.2 Å². The summed E-state index contributed by atoms with van der Waals surface area (Å²) in [6.07, 6.45) is 0. The van der Waals surface area contributed by atoms with Crippen LogP contribution in [0.5, 0.6) is 5.75 Å². The van der Waals surface area contributed by atoms with Crippen LogP contribution in [0, 0.1) is 0 Å². The monoisotopic (exact) mass is 183 g/mol. The first kappa shape index (κ1) is 9.84. The number of alkyl halides is 1. The summed E-state index contributed by atoms with van der Waals surface area (Å²) in [5, 5.41) is 12.1. The van der Waals surface area contributed by atoms with E-state index < -0.39 is 5.67 Å². The maximum absolute atomic E-state index is 13.5. The number of hydrogen-bond acceptors (Lipinski definition) is 2. The number of aromatic hydroxyl groups is 1. The van der Waals surface area contributed by atoms with Crippen molar-refractivity contribution in [1.82, 2.24) is 0 Å². The van der Waals surface area contributed by atoms with Crippen LogP contribution >= 0.6 is 0 Å². The van der Waals surface area contributed by atoms with Gasteiger partial charge < -0.3 is 10.4 Å². The molecule has 0 saturated heterocycles. The number of nitrogens with one attached hydrogen (secondary N) is 1. The number of rotatable bonds is 2. The second-order valence-electron chi connectivity index (χ2n) is 3.45. The first-order valence-corrected chi connectivity index (χ1v) is 4.15. The number of benzene rings is 1. The second-order valence-corrected chi connectivity index (χ2v) is 3.45. The molecule has 0 saturated carbocycles. The first-order valence-electron chi connectivity index (χ1n) is 4.15. The maximum atomic E-state index is 13.5. The number of hydrogen-bond donors (Lipinski definition) is 2. The zero-order valence-electron chi connectivity index (χ0n) is 8.06. The lowest BCUT2D eigenvalue weighted by Gasteiger charge is -2.16. The fourth-order valence-corrected chi connectivity index (χ4v) is 1.11. The minimum Gasteiger partial charge on any atom is -0.506 e. The standard InChI is InChI=1S/C10H14FNO/c1-10(2,11)7-4-5-9(13)8(6-7)12-3/h4-6,12-13H,1-3H3. The normalized spacial score (nSPS) is 11.4. The highest BCUT2D eigenvalue weighted by molar-refractivity contribution is 5.57. The number of phenols is 1. The number of halogens is 1. The van der Waals surface area contributed by atoms with E-state index in [9.17, 15) is 9.50 Å². The molecule has 0 amide bonds. The van der Waals surface area contributed by atoms with E-state index in [0.717, 1.165) is 0 Å². The molecule has 3 heteroatoms. The zero-order chi connectivity index (χ0) is 10.1. The predicted molar refractivity (Wildman–Crippen MR) is 51.8 cm³/mol. The summed E-state index contributed by atoms with van der Waals surface area (Å²) < 4.78 is 13.5. The summed E-state index contributed by atoms with van der Waals surface area (Å²) in [4.78, 5) is 0. The molecular weight excluding hydrogens is 169 g/mol. The third kappa shape index (κ3) is 2.11. The molecule has 1 aromatic carbocycles. The smallest absolute Gasteiger partial charge is 0.138 e. The lowest BCUT2D eigenvalue weighted by molar-refractivity contribution is 0.221. The van der Waals surface area contributed by atoms with E-state index in [-0.39, 0.29) is 5.75 Å². The fourth-order valence-electron chi connectivity index (χ4n) is 1.11. The molecule has 2 N–H and O–H groups in total. The van der Waals surface area contributed by atoms with Gasteiger partial charge in [-0.1, -0.05) is 6.07 Å². The molecule has 0 atom stereocenters. The Balaban J connectivity index is 3.14. The molecule has 0 aliphatic heterocycles. The number of anilines is 1. The molecule has 13 heavy (non-hydrogen) atoms. The Morgan fingerprint density at radius 1 is 1.38 bits per heavy atom. The van der Waals surface area contributed by atoms with Crippen molar-refractivity contribution in [3.05, 3.63) is 23.8 Å². The Hall–Kier alpha value is -1.25. The molecule has 0 aliphatic carbocycles. The van der Waals surface area contributed by atoms with E-state index in [1.165, 1.54) is 19.9 Å². The van der Waals surface area contributed by atoms with Crippen LogP contribution in [0.1, 0.15) is 19.4 Å². The van der Waals surface area contributed by atoms with Gasteiger partial charge in [-0.15, -0.1) is 0 Å². The molecule has 0 spiro atoms. The molecule has 0 radical (unpaired) electrons. The molecule has 72 valence electrons. The summed E-state index contributed by atoms with van der Waals surface area (Å²) in [5.41, 5.74) is -0.280. The molecule has 0 heterocycles. The Kier molecular flexibility index (Phi) is 2.45. The highest BCUT2D eigenvalue weighted by Gasteiger charge is 2.19. The maximum Gasteiger partial charge on any atom is 0.138 e. The molecule has 2 nitrogen and oxygen atoms in total. The van der Waals surface area contributed by atoms with Crippen molar-refractivity contribution < 1.29 is 9.50 Å². The van der Waals surface area contributed by atoms with Gasteiger partial charge in [-0.2, -0.15) is 0 Å². The van der Waals surface area contributed by atoms with Crippen LogP contribution in [0.15, 0.2) is 18.2 Å². The van der Waals surface area contributed by atoms with Crippen molar-refractivity contribution >= 4 is 5.69 Å². The molecule has 1 aromatic rings. The van der Waals surface area contributed by atoms with Crippen LogP contribution < -0.4 is 5.32 Å². The van der Waals surface area contributed by atoms with Crippen LogP contribution in [0.25, 0.3) is 0 Å². The minimum atomic E-state index is -1.38. The van der Waals surface area contributed by atoms with Gasteiger partial charge in [0.25, 0.3) is 0 Å². The van der Waals surface area contributed by atoms with Crippen LogP contribution in [0.2, 0.25) is 0 Å². The largest absolute Gasteiger partial charge is 0.506 e. The van der Waals surface area contributed by atoms with Crippen molar-refractivity contribution in [3.63, 3.8) is 0 Å². The second kappa shape index (κ2) is 3.24. The van der Waals surface area contributed by atoms with E-state index in [1.807, 2.05) is 0 Å². The van der Waals surface area contributed by atoms with Gasteiger partial charge in [0.05, 0.1) is 5.69 Å². The van der Waals surface area contributed by atoms with Crippen LogP contribution in [0.4, 0.5) is 10.1 Å². The van der Waals surface area contributed by atoms with E-state index in [4.69, 9.17) is 0 Å². The van der Waals surface area contributed by atoms with Gasteiger partial charge in [0.2, 0.25) is 0 Å². The molecule has 0 aromatic heterocycles. The average Bonchev–Trinajstić information content (AvgIpc) is 2.03. The van der Waals surface area contributed by atoms with E-state index in [2.05, 4.69) is 5.32 Å². The van der Waals surface area contributed by atoms with Crippen molar-refractivity contribution in [2.24, 2.45) is 0 Å². The van der Waals surface area contributed by atoms with Crippen molar-refractivity contribution in [2.75, 3.05) is 12.4 Å². The summed E-state index contributed by atoms with van der Waals surface area (Å²) in [6.45, 7) is 2.97. The molecule has 0 fully saturated rings.